The number of hydrogen-bond acceptors (Lipinski definition) is 4. The topological polar surface area (TPSA) is 72.7 Å². The molecule has 6 heteroatoms. The number of hydrogen-bond donors (Lipinski definition) is 1. The number of amides is 1. The fraction of sp³-hybridized carbons (Fsp3) is 0.217. The minimum atomic E-state index is -0.0784. The van der Waals surface area contributed by atoms with Gasteiger partial charge in [0.2, 0.25) is 0 Å². The third-order valence-electron chi connectivity index (χ3n) is 5.58. The first-order valence-electron chi connectivity index (χ1n) is 9.87. The van der Waals surface area contributed by atoms with Crippen LogP contribution < -0.4 is 5.32 Å². The molecule has 0 spiro atoms. The zero-order valence-electron chi connectivity index (χ0n) is 16.2. The predicted octanol–water partition coefficient (Wildman–Crippen LogP) is 3.93. The van der Waals surface area contributed by atoms with Crippen molar-refractivity contribution >= 4 is 17.1 Å². The number of pyridine rings is 1. The van der Waals surface area contributed by atoms with E-state index in [1.807, 2.05) is 43.3 Å². The van der Waals surface area contributed by atoms with Crippen LogP contribution in [0.2, 0.25) is 0 Å². The molecule has 5 rings (SSSR count). The van der Waals surface area contributed by atoms with Crippen LogP contribution in [0.5, 0.6) is 0 Å². The van der Waals surface area contributed by atoms with Gasteiger partial charge in [0.05, 0.1) is 11.7 Å². The molecule has 0 saturated heterocycles. The highest BCUT2D eigenvalue weighted by Crippen LogP contribution is 2.30. The van der Waals surface area contributed by atoms with Crippen molar-refractivity contribution in [2.45, 2.75) is 32.2 Å². The van der Waals surface area contributed by atoms with Crippen LogP contribution >= 0.6 is 0 Å². The van der Waals surface area contributed by atoms with Gasteiger partial charge in [0.1, 0.15) is 5.52 Å². The van der Waals surface area contributed by atoms with Gasteiger partial charge >= 0.3 is 0 Å². The standard InChI is InChI=1S/C23H21N5O/c1-15-11-12-17(14-21(15)28-22-20(26-27-28)10-5-13-24-22)23(29)25-19-9-4-7-16-6-2-3-8-18(16)19/h2-3,5-6,8,10-14,19H,4,7,9H2,1H3,(H,25,29). The molecule has 144 valence electrons. The Kier molecular flexibility index (Phi) is 4.31. The summed E-state index contributed by atoms with van der Waals surface area (Å²) >= 11 is 0. The Morgan fingerprint density at radius 2 is 2.03 bits per heavy atom. The molecule has 0 aliphatic heterocycles. The van der Waals surface area contributed by atoms with Crippen LogP contribution in [0.15, 0.2) is 60.8 Å². The fourth-order valence-corrected chi connectivity index (χ4v) is 4.05. The zero-order valence-corrected chi connectivity index (χ0v) is 16.2. The second-order valence-electron chi connectivity index (χ2n) is 7.47. The molecular formula is C23H21N5O. The molecular weight excluding hydrogens is 362 g/mol. The van der Waals surface area contributed by atoms with Gasteiger partial charge in [-0.3, -0.25) is 4.79 Å². The van der Waals surface area contributed by atoms with Crippen molar-refractivity contribution in [3.8, 4) is 5.69 Å². The first kappa shape index (κ1) is 17.6. The highest BCUT2D eigenvalue weighted by molar-refractivity contribution is 5.95. The molecule has 1 N–H and O–H groups in total. The zero-order chi connectivity index (χ0) is 19.8. The van der Waals surface area contributed by atoms with Crippen molar-refractivity contribution in [1.29, 1.82) is 0 Å². The number of nitrogens with one attached hydrogen (secondary N) is 1. The Morgan fingerprint density at radius 3 is 2.97 bits per heavy atom. The Labute approximate surface area is 168 Å². The molecule has 0 fully saturated rings. The minimum Gasteiger partial charge on any atom is -0.345 e. The maximum Gasteiger partial charge on any atom is 0.251 e. The van der Waals surface area contributed by atoms with Gasteiger partial charge in [-0.1, -0.05) is 35.5 Å². The highest BCUT2D eigenvalue weighted by Gasteiger charge is 2.22. The maximum atomic E-state index is 13.0. The normalized spacial score (nSPS) is 15.8. The Hall–Kier alpha value is -3.54. The molecule has 1 aliphatic rings. The summed E-state index contributed by atoms with van der Waals surface area (Å²) in [5.74, 6) is -0.0784. The molecule has 1 aliphatic carbocycles. The predicted molar refractivity (Wildman–Crippen MR) is 111 cm³/mol. The highest BCUT2D eigenvalue weighted by atomic mass is 16.1. The molecule has 1 unspecified atom stereocenters. The first-order chi connectivity index (χ1) is 14.2. The fourth-order valence-electron chi connectivity index (χ4n) is 4.05. The van der Waals surface area contributed by atoms with Crippen LogP contribution in [0, 0.1) is 6.92 Å². The van der Waals surface area contributed by atoms with Crippen LogP contribution in [0.3, 0.4) is 0 Å². The van der Waals surface area contributed by atoms with Crippen molar-refractivity contribution in [2.24, 2.45) is 0 Å². The lowest BCUT2D eigenvalue weighted by Crippen LogP contribution is -2.31. The average Bonchev–Trinajstić information content (AvgIpc) is 3.18. The van der Waals surface area contributed by atoms with E-state index in [2.05, 4.69) is 38.8 Å². The van der Waals surface area contributed by atoms with Crippen molar-refractivity contribution in [3.63, 3.8) is 0 Å². The van der Waals surface area contributed by atoms with E-state index in [1.54, 1.807) is 10.9 Å². The number of carbonyl (C=O) groups excluding carboxylic acids is 1. The summed E-state index contributed by atoms with van der Waals surface area (Å²) < 4.78 is 1.69. The molecule has 6 nitrogen and oxygen atoms in total. The SMILES string of the molecule is Cc1ccc(C(=O)NC2CCCc3ccccc32)cc1-n1nnc2cccnc21. The van der Waals surface area contributed by atoms with Gasteiger partial charge in [-0.15, -0.1) is 5.10 Å². The van der Waals surface area contributed by atoms with E-state index in [-0.39, 0.29) is 11.9 Å². The summed E-state index contributed by atoms with van der Waals surface area (Å²) in [7, 11) is 0. The molecule has 29 heavy (non-hydrogen) atoms. The van der Waals surface area contributed by atoms with Gasteiger partial charge in [0.25, 0.3) is 5.91 Å². The number of aromatic nitrogens is 4. The molecule has 0 radical (unpaired) electrons. The van der Waals surface area contributed by atoms with E-state index < -0.39 is 0 Å². The first-order valence-corrected chi connectivity index (χ1v) is 9.87. The Balaban J connectivity index is 1.47. The molecule has 2 aromatic carbocycles. The van der Waals surface area contributed by atoms with Crippen LogP contribution in [0.1, 0.15) is 45.9 Å². The molecule has 4 aromatic rings. The average molecular weight is 383 g/mol. The van der Waals surface area contributed by atoms with Crippen molar-refractivity contribution < 1.29 is 4.79 Å². The van der Waals surface area contributed by atoms with Crippen LogP contribution in [-0.2, 0) is 6.42 Å². The van der Waals surface area contributed by atoms with E-state index in [1.165, 1.54) is 11.1 Å². The molecule has 1 amide bonds. The van der Waals surface area contributed by atoms with E-state index in [4.69, 9.17) is 0 Å². The van der Waals surface area contributed by atoms with Gasteiger partial charge < -0.3 is 5.32 Å². The molecule has 0 saturated carbocycles. The number of benzene rings is 2. The molecule has 2 heterocycles. The maximum absolute atomic E-state index is 13.0. The van der Waals surface area contributed by atoms with Crippen LogP contribution in [0.4, 0.5) is 0 Å². The lowest BCUT2D eigenvalue weighted by molar-refractivity contribution is 0.0932. The van der Waals surface area contributed by atoms with Gasteiger partial charge in [0.15, 0.2) is 5.65 Å². The third-order valence-corrected chi connectivity index (χ3v) is 5.58. The Bertz CT molecular complexity index is 1210. The largest absolute Gasteiger partial charge is 0.345 e. The Morgan fingerprint density at radius 1 is 1.14 bits per heavy atom. The van der Waals surface area contributed by atoms with E-state index >= 15 is 0 Å². The smallest absolute Gasteiger partial charge is 0.251 e. The lowest BCUT2D eigenvalue weighted by Gasteiger charge is -2.26. The molecule has 2 aromatic heterocycles. The summed E-state index contributed by atoms with van der Waals surface area (Å²) in [4.78, 5) is 17.4. The van der Waals surface area contributed by atoms with Crippen molar-refractivity contribution in [1.82, 2.24) is 25.3 Å². The molecule has 1 atom stereocenters. The summed E-state index contributed by atoms with van der Waals surface area (Å²) in [5.41, 5.74) is 6.37. The monoisotopic (exact) mass is 383 g/mol. The third kappa shape index (κ3) is 3.16. The summed E-state index contributed by atoms with van der Waals surface area (Å²) in [6.45, 7) is 1.99. The lowest BCUT2D eigenvalue weighted by atomic mass is 9.87. The van der Waals surface area contributed by atoms with Gasteiger partial charge in [-0.05, 0) is 67.1 Å². The number of aryl methyl sites for hydroxylation is 2. The number of rotatable bonds is 3. The second-order valence-corrected chi connectivity index (χ2v) is 7.47. The second kappa shape index (κ2) is 7.13. The summed E-state index contributed by atoms with van der Waals surface area (Å²) in [6, 6.07) is 17.8. The van der Waals surface area contributed by atoms with Crippen molar-refractivity contribution in [2.75, 3.05) is 0 Å². The molecule has 0 bridgehead atoms. The van der Waals surface area contributed by atoms with Gasteiger partial charge in [-0.25, -0.2) is 4.98 Å². The van der Waals surface area contributed by atoms with Crippen LogP contribution in [-0.4, -0.2) is 25.9 Å². The summed E-state index contributed by atoms with van der Waals surface area (Å²) in [5, 5.41) is 11.6. The van der Waals surface area contributed by atoms with E-state index in [9.17, 15) is 4.79 Å². The van der Waals surface area contributed by atoms with Crippen molar-refractivity contribution in [3.05, 3.63) is 83.0 Å². The van der Waals surface area contributed by atoms with E-state index in [0.29, 0.717) is 11.2 Å². The minimum absolute atomic E-state index is 0.0473. The van der Waals surface area contributed by atoms with Gasteiger partial charge in [-0.2, -0.15) is 4.68 Å². The van der Waals surface area contributed by atoms with Gasteiger partial charge in [0, 0.05) is 11.8 Å². The summed E-state index contributed by atoms with van der Waals surface area (Å²) in [6.07, 6.45) is 4.83. The number of fused-ring (bicyclic) bond motifs is 2. The van der Waals surface area contributed by atoms with E-state index in [0.717, 1.165) is 36.0 Å². The van der Waals surface area contributed by atoms with Crippen LogP contribution in [0.25, 0.3) is 16.9 Å². The quantitative estimate of drug-likeness (QED) is 0.582. The number of nitrogens with zero attached hydrogens (tertiary/aromatic N) is 4. The number of carbonyl (C=O) groups is 1.